The SMILES string of the molecule is CCOC(=O)c1c(-c2ccc(F)cc2)oc2cc(NCCNCc3ccccc3)c(-c3ccccc3)cc12. The number of fused-ring (bicyclic) bond motifs is 1. The third kappa shape index (κ3) is 5.61. The van der Waals surface area contributed by atoms with E-state index in [1.807, 2.05) is 60.7 Å². The van der Waals surface area contributed by atoms with Gasteiger partial charge >= 0.3 is 5.97 Å². The summed E-state index contributed by atoms with van der Waals surface area (Å²) in [5.41, 5.74) is 5.56. The molecule has 192 valence electrons. The van der Waals surface area contributed by atoms with Crippen molar-refractivity contribution in [2.45, 2.75) is 13.5 Å². The van der Waals surface area contributed by atoms with Gasteiger partial charge in [-0.2, -0.15) is 0 Å². The van der Waals surface area contributed by atoms with Gasteiger partial charge in [-0.05, 0) is 48.4 Å². The van der Waals surface area contributed by atoms with Gasteiger partial charge in [0.1, 0.15) is 22.7 Å². The third-order valence-corrected chi connectivity index (χ3v) is 6.29. The smallest absolute Gasteiger partial charge is 0.342 e. The van der Waals surface area contributed by atoms with Crippen LogP contribution in [0.3, 0.4) is 0 Å². The zero-order valence-corrected chi connectivity index (χ0v) is 21.2. The first-order valence-electron chi connectivity index (χ1n) is 12.7. The summed E-state index contributed by atoms with van der Waals surface area (Å²) in [4.78, 5) is 13.1. The Morgan fingerprint density at radius 1 is 0.868 bits per heavy atom. The van der Waals surface area contributed by atoms with Crippen molar-refractivity contribution in [1.82, 2.24) is 5.32 Å². The number of rotatable bonds is 10. The number of esters is 1. The molecule has 0 aliphatic heterocycles. The standard InChI is InChI=1S/C32H29FN2O3/c1-2-37-32(36)30-27-19-26(23-11-7-4-8-12-23)28(35-18-17-34-21-22-9-5-3-6-10-22)20-29(27)38-31(30)24-13-15-25(33)16-14-24/h3-16,19-20,34-35H,2,17-18,21H2,1H3. The van der Waals surface area contributed by atoms with E-state index in [2.05, 4.69) is 22.8 Å². The Bertz CT molecular complexity index is 1510. The fraction of sp³-hybridized carbons (Fsp3) is 0.156. The quantitative estimate of drug-likeness (QED) is 0.153. The molecule has 2 N–H and O–H groups in total. The molecule has 0 aliphatic carbocycles. The van der Waals surface area contributed by atoms with E-state index in [1.165, 1.54) is 17.7 Å². The highest BCUT2D eigenvalue weighted by Gasteiger charge is 2.25. The minimum atomic E-state index is -0.476. The van der Waals surface area contributed by atoms with Crippen molar-refractivity contribution in [1.29, 1.82) is 0 Å². The number of ether oxygens (including phenoxy) is 1. The lowest BCUT2D eigenvalue weighted by molar-refractivity contribution is 0.0528. The third-order valence-electron chi connectivity index (χ3n) is 6.29. The summed E-state index contributed by atoms with van der Waals surface area (Å²) in [5, 5.41) is 7.64. The minimum Gasteiger partial charge on any atom is -0.462 e. The molecule has 6 heteroatoms. The Morgan fingerprint density at radius 2 is 1.58 bits per heavy atom. The van der Waals surface area contributed by atoms with Gasteiger partial charge in [0.25, 0.3) is 0 Å². The Balaban J connectivity index is 1.51. The van der Waals surface area contributed by atoms with Crippen LogP contribution in [-0.4, -0.2) is 25.7 Å². The minimum absolute atomic E-state index is 0.232. The average molecular weight is 509 g/mol. The predicted octanol–water partition coefficient (Wildman–Crippen LogP) is 7.28. The molecule has 0 unspecified atom stereocenters. The first kappa shape index (κ1) is 25.2. The molecule has 0 bridgehead atoms. The molecule has 0 atom stereocenters. The maximum atomic E-state index is 13.6. The highest BCUT2D eigenvalue weighted by atomic mass is 19.1. The van der Waals surface area contributed by atoms with E-state index in [1.54, 1.807) is 19.1 Å². The van der Waals surface area contributed by atoms with Crippen LogP contribution in [0.1, 0.15) is 22.8 Å². The van der Waals surface area contributed by atoms with Crippen LogP contribution >= 0.6 is 0 Å². The normalized spacial score (nSPS) is 11.0. The van der Waals surface area contributed by atoms with Crippen molar-refractivity contribution in [2.75, 3.05) is 25.0 Å². The van der Waals surface area contributed by atoms with Crippen molar-refractivity contribution >= 4 is 22.6 Å². The van der Waals surface area contributed by atoms with Gasteiger partial charge in [0, 0.05) is 47.9 Å². The van der Waals surface area contributed by atoms with Gasteiger partial charge < -0.3 is 19.8 Å². The molecule has 5 nitrogen and oxygen atoms in total. The van der Waals surface area contributed by atoms with Gasteiger partial charge in [-0.25, -0.2) is 9.18 Å². The number of carbonyl (C=O) groups is 1. The van der Waals surface area contributed by atoms with E-state index in [0.29, 0.717) is 34.4 Å². The molecule has 38 heavy (non-hydrogen) atoms. The maximum Gasteiger partial charge on any atom is 0.342 e. The van der Waals surface area contributed by atoms with E-state index in [9.17, 15) is 9.18 Å². The zero-order chi connectivity index (χ0) is 26.3. The molecule has 1 aromatic heterocycles. The molecule has 5 rings (SSSR count). The summed E-state index contributed by atoms with van der Waals surface area (Å²) >= 11 is 0. The summed E-state index contributed by atoms with van der Waals surface area (Å²) in [6.07, 6.45) is 0. The van der Waals surface area contributed by atoms with Crippen molar-refractivity contribution in [3.63, 3.8) is 0 Å². The van der Waals surface area contributed by atoms with E-state index in [4.69, 9.17) is 9.15 Å². The van der Waals surface area contributed by atoms with E-state index in [-0.39, 0.29) is 12.4 Å². The number of hydrogen-bond acceptors (Lipinski definition) is 5. The van der Waals surface area contributed by atoms with Gasteiger partial charge in [0.2, 0.25) is 0 Å². The fourth-order valence-corrected chi connectivity index (χ4v) is 4.47. The monoisotopic (exact) mass is 508 g/mol. The molecule has 5 aromatic rings. The molecule has 0 saturated heterocycles. The van der Waals surface area contributed by atoms with Gasteiger partial charge in [0.15, 0.2) is 0 Å². The molecule has 0 fully saturated rings. The second-order valence-corrected chi connectivity index (χ2v) is 8.88. The molecule has 4 aromatic carbocycles. The molecule has 0 amide bonds. The second kappa shape index (κ2) is 11.8. The van der Waals surface area contributed by atoms with Gasteiger partial charge in [-0.3, -0.25) is 0 Å². The Kier molecular flexibility index (Phi) is 7.81. The Morgan fingerprint density at radius 3 is 2.29 bits per heavy atom. The summed E-state index contributed by atoms with van der Waals surface area (Å²) in [7, 11) is 0. The van der Waals surface area contributed by atoms with Gasteiger partial charge in [-0.1, -0.05) is 60.7 Å². The highest BCUT2D eigenvalue weighted by molar-refractivity contribution is 6.10. The van der Waals surface area contributed by atoms with E-state index < -0.39 is 5.97 Å². The van der Waals surface area contributed by atoms with Crippen LogP contribution in [0.2, 0.25) is 0 Å². The summed E-state index contributed by atoms with van der Waals surface area (Å²) in [6, 6.07) is 30.1. The van der Waals surface area contributed by atoms with Gasteiger partial charge in [-0.15, -0.1) is 0 Å². The van der Waals surface area contributed by atoms with Crippen LogP contribution in [0.25, 0.3) is 33.4 Å². The van der Waals surface area contributed by atoms with E-state index >= 15 is 0 Å². The van der Waals surface area contributed by atoms with Crippen molar-refractivity contribution in [3.05, 3.63) is 114 Å². The topological polar surface area (TPSA) is 63.5 Å². The number of benzene rings is 4. The number of anilines is 1. The van der Waals surface area contributed by atoms with Crippen LogP contribution in [0.15, 0.2) is 101 Å². The Labute approximate surface area is 221 Å². The zero-order valence-electron chi connectivity index (χ0n) is 21.2. The predicted molar refractivity (Wildman–Crippen MR) is 150 cm³/mol. The number of nitrogens with one attached hydrogen (secondary N) is 2. The fourth-order valence-electron chi connectivity index (χ4n) is 4.47. The lowest BCUT2D eigenvalue weighted by Gasteiger charge is -2.14. The summed E-state index contributed by atoms with van der Waals surface area (Å²) in [5.74, 6) is -0.476. The van der Waals surface area contributed by atoms with Crippen LogP contribution in [0.5, 0.6) is 0 Å². The first-order chi connectivity index (χ1) is 18.6. The van der Waals surface area contributed by atoms with Crippen LogP contribution in [0.4, 0.5) is 10.1 Å². The summed E-state index contributed by atoms with van der Waals surface area (Å²) < 4.78 is 25.2. The lowest BCUT2D eigenvalue weighted by Crippen LogP contribution is -2.21. The van der Waals surface area contributed by atoms with E-state index in [0.717, 1.165) is 29.9 Å². The molecular weight excluding hydrogens is 479 g/mol. The maximum absolute atomic E-state index is 13.6. The van der Waals surface area contributed by atoms with Crippen LogP contribution in [0, 0.1) is 5.82 Å². The molecular formula is C32H29FN2O3. The highest BCUT2D eigenvalue weighted by Crippen LogP contribution is 2.40. The molecule has 0 aliphatic rings. The number of carbonyl (C=O) groups excluding carboxylic acids is 1. The largest absolute Gasteiger partial charge is 0.462 e. The summed E-state index contributed by atoms with van der Waals surface area (Å²) in [6.45, 7) is 4.23. The van der Waals surface area contributed by atoms with Crippen LogP contribution < -0.4 is 10.6 Å². The van der Waals surface area contributed by atoms with Crippen molar-refractivity contribution < 1.29 is 18.3 Å². The number of halogens is 1. The molecule has 0 radical (unpaired) electrons. The molecule has 0 saturated carbocycles. The molecule has 0 spiro atoms. The number of hydrogen-bond donors (Lipinski definition) is 2. The average Bonchev–Trinajstić information content (AvgIpc) is 3.32. The number of furan rings is 1. The van der Waals surface area contributed by atoms with Crippen molar-refractivity contribution in [2.24, 2.45) is 0 Å². The van der Waals surface area contributed by atoms with Crippen LogP contribution in [-0.2, 0) is 11.3 Å². The Hall–Kier alpha value is -4.42. The second-order valence-electron chi connectivity index (χ2n) is 8.88. The van der Waals surface area contributed by atoms with Crippen molar-refractivity contribution in [3.8, 4) is 22.5 Å². The van der Waals surface area contributed by atoms with Gasteiger partial charge in [0.05, 0.1) is 6.61 Å². The first-order valence-corrected chi connectivity index (χ1v) is 12.7. The molecule has 1 heterocycles. The lowest BCUT2D eigenvalue weighted by atomic mass is 9.98.